The third-order valence-corrected chi connectivity index (χ3v) is 4.86. The number of hydrogen-bond donors (Lipinski definition) is 1. The second-order valence-electron chi connectivity index (χ2n) is 7.24. The highest BCUT2D eigenvalue weighted by Gasteiger charge is 2.36. The van der Waals surface area contributed by atoms with Gasteiger partial charge in [-0.2, -0.15) is 0 Å². The van der Waals surface area contributed by atoms with Crippen LogP contribution in [0.4, 0.5) is 5.69 Å². The third-order valence-electron chi connectivity index (χ3n) is 4.45. The first kappa shape index (κ1) is 20.0. The Balaban J connectivity index is 1.94. The number of carbonyl (C=O) groups excluding carboxylic acids is 2. The number of amides is 2. The van der Waals surface area contributed by atoms with Gasteiger partial charge in [-0.15, -0.1) is 0 Å². The van der Waals surface area contributed by atoms with E-state index >= 15 is 0 Å². The van der Waals surface area contributed by atoms with Gasteiger partial charge in [0, 0.05) is 17.8 Å². The molecule has 0 fully saturated rings. The van der Waals surface area contributed by atoms with Crippen LogP contribution >= 0.6 is 11.6 Å². The van der Waals surface area contributed by atoms with Gasteiger partial charge in [0.15, 0.2) is 0 Å². The number of ether oxygens (including phenoxy) is 1. The molecule has 6 heteroatoms. The van der Waals surface area contributed by atoms with Crippen molar-refractivity contribution in [3.8, 4) is 5.75 Å². The van der Waals surface area contributed by atoms with E-state index in [1.807, 2.05) is 19.1 Å². The number of aryl methyl sites for hydroxylation is 1. The molecule has 0 aromatic heterocycles. The van der Waals surface area contributed by atoms with E-state index in [9.17, 15) is 9.59 Å². The summed E-state index contributed by atoms with van der Waals surface area (Å²) in [5.74, 6) is 0.420. The molecule has 1 heterocycles. The summed E-state index contributed by atoms with van der Waals surface area (Å²) in [7, 11) is 1.47. The monoisotopic (exact) mass is 398 g/mol. The van der Waals surface area contributed by atoms with Crippen molar-refractivity contribution < 1.29 is 14.3 Å². The lowest BCUT2D eigenvalue weighted by Gasteiger charge is -2.11. The minimum atomic E-state index is -0.378. The maximum Gasteiger partial charge on any atom is 0.277 e. The van der Waals surface area contributed by atoms with Gasteiger partial charge in [0.1, 0.15) is 11.4 Å². The number of carbonyl (C=O) groups is 2. The van der Waals surface area contributed by atoms with Crippen molar-refractivity contribution >= 4 is 34.7 Å². The van der Waals surface area contributed by atoms with E-state index < -0.39 is 0 Å². The summed E-state index contributed by atoms with van der Waals surface area (Å²) in [6.45, 7) is 6.67. The topological polar surface area (TPSA) is 58.6 Å². The fourth-order valence-corrected chi connectivity index (χ4v) is 3.00. The minimum absolute atomic E-state index is 0.239. The number of hydrogen-bond acceptors (Lipinski definition) is 4. The van der Waals surface area contributed by atoms with Crippen molar-refractivity contribution in [1.82, 2.24) is 4.90 Å². The Kier molecular flexibility index (Phi) is 5.75. The molecule has 5 nitrogen and oxygen atoms in total. The predicted octanol–water partition coefficient (Wildman–Crippen LogP) is 4.51. The van der Waals surface area contributed by atoms with Crippen LogP contribution in [-0.2, 0) is 9.59 Å². The van der Waals surface area contributed by atoms with E-state index in [1.54, 1.807) is 30.3 Å². The van der Waals surface area contributed by atoms with Crippen LogP contribution in [0, 0.1) is 12.8 Å². The quantitative estimate of drug-likeness (QED) is 0.727. The number of imide groups is 1. The first-order valence-electron chi connectivity index (χ1n) is 9.11. The standard InChI is InChI=1S/C22H23ClN2O3/c1-13(2)12-28-17-9-6-15(7-10-17)19-20(22(27)25(4)21(19)26)24-16-8-5-14(3)18(23)11-16/h5-11,13,24H,12H2,1-4H3. The third kappa shape index (κ3) is 4.04. The SMILES string of the molecule is Cc1ccc(NC2=C(c3ccc(OCC(C)C)cc3)C(=O)N(C)C2=O)cc1Cl. The molecule has 146 valence electrons. The molecule has 2 aromatic carbocycles. The Labute approximate surface area is 169 Å². The van der Waals surface area contributed by atoms with Crippen molar-refractivity contribution in [1.29, 1.82) is 0 Å². The summed E-state index contributed by atoms with van der Waals surface area (Å²) < 4.78 is 5.69. The largest absolute Gasteiger partial charge is 0.493 e. The zero-order valence-corrected chi connectivity index (χ0v) is 17.1. The number of nitrogens with one attached hydrogen (secondary N) is 1. The van der Waals surface area contributed by atoms with E-state index in [4.69, 9.17) is 16.3 Å². The summed E-state index contributed by atoms with van der Waals surface area (Å²) in [5.41, 5.74) is 2.81. The molecule has 0 spiro atoms. The highest BCUT2D eigenvalue weighted by Crippen LogP contribution is 2.31. The summed E-state index contributed by atoms with van der Waals surface area (Å²) in [4.78, 5) is 26.4. The second-order valence-corrected chi connectivity index (χ2v) is 7.64. The lowest BCUT2D eigenvalue weighted by molar-refractivity contribution is -0.135. The molecule has 0 saturated heterocycles. The average Bonchev–Trinajstić information content (AvgIpc) is 2.87. The van der Waals surface area contributed by atoms with Gasteiger partial charge in [0.05, 0.1) is 12.2 Å². The molecule has 2 amide bonds. The molecule has 0 atom stereocenters. The molecular weight excluding hydrogens is 376 g/mol. The van der Waals surface area contributed by atoms with Crippen LogP contribution in [0.5, 0.6) is 5.75 Å². The number of nitrogens with zero attached hydrogens (tertiary/aromatic N) is 1. The summed E-state index contributed by atoms with van der Waals surface area (Å²) in [6.07, 6.45) is 0. The predicted molar refractivity (Wildman–Crippen MR) is 111 cm³/mol. The zero-order valence-electron chi connectivity index (χ0n) is 16.4. The smallest absolute Gasteiger partial charge is 0.277 e. The number of rotatable bonds is 6. The van der Waals surface area contributed by atoms with Crippen molar-refractivity contribution in [3.63, 3.8) is 0 Å². The lowest BCUT2D eigenvalue weighted by Crippen LogP contribution is -2.27. The van der Waals surface area contributed by atoms with Crippen LogP contribution < -0.4 is 10.1 Å². The molecule has 0 aliphatic carbocycles. The van der Waals surface area contributed by atoms with Crippen molar-refractivity contribution in [2.24, 2.45) is 5.92 Å². The molecule has 2 aromatic rings. The van der Waals surface area contributed by atoms with Gasteiger partial charge in [-0.3, -0.25) is 14.5 Å². The molecule has 0 bridgehead atoms. The highest BCUT2D eigenvalue weighted by atomic mass is 35.5. The first-order chi connectivity index (χ1) is 13.3. The zero-order chi connectivity index (χ0) is 20.4. The van der Waals surface area contributed by atoms with Crippen molar-refractivity contribution in [2.75, 3.05) is 19.0 Å². The summed E-state index contributed by atoms with van der Waals surface area (Å²) in [5, 5.41) is 3.66. The maximum atomic E-state index is 12.7. The second kappa shape index (κ2) is 8.07. The van der Waals surface area contributed by atoms with E-state index in [0.29, 0.717) is 34.4 Å². The van der Waals surface area contributed by atoms with E-state index in [1.165, 1.54) is 7.05 Å². The molecule has 1 aliphatic heterocycles. The highest BCUT2D eigenvalue weighted by molar-refractivity contribution is 6.36. The van der Waals surface area contributed by atoms with Crippen LogP contribution in [0.2, 0.25) is 5.02 Å². The number of benzene rings is 2. The van der Waals surface area contributed by atoms with Gasteiger partial charge >= 0.3 is 0 Å². The number of anilines is 1. The number of likely N-dealkylation sites (N-methyl/N-ethyl adjacent to an activating group) is 1. The minimum Gasteiger partial charge on any atom is -0.493 e. The van der Waals surface area contributed by atoms with Crippen LogP contribution in [0.25, 0.3) is 5.57 Å². The fraction of sp³-hybridized carbons (Fsp3) is 0.273. The van der Waals surface area contributed by atoms with Gasteiger partial charge in [-0.1, -0.05) is 43.6 Å². The number of halogens is 1. The van der Waals surface area contributed by atoms with Gasteiger partial charge in [0.25, 0.3) is 11.8 Å². The van der Waals surface area contributed by atoms with Crippen molar-refractivity contribution in [2.45, 2.75) is 20.8 Å². The van der Waals surface area contributed by atoms with Crippen LogP contribution in [-0.4, -0.2) is 30.4 Å². The van der Waals surface area contributed by atoms with E-state index in [2.05, 4.69) is 19.2 Å². The van der Waals surface area contributed by atoms with Crippen LogP contribution in [0.1, 0.15) is 25.0 Å². The molecular formula is C22H23ClN2O3. The van der Waals surface area contributed by atoms with Crippen LogP contribution in [0.3, 0.4) is 0 Å². The Morgan fingerprint density at radius 3 is 2.36 bits per heavy atom. The molecule has 0 saturated carbocycles. The Morgan fingerprint density at radius 1 is 1.07 bits per heavy atom. The van der Waals surface area contributed by atoms with E-state index in [-0.39, 0.29) is 17.5 Å². The lowest BCUT2D eigenvalue weighted by atomic mass is 10.0. The maximum absolute atomic E-state index is 12.7. The average molecular weight is 399 g/mol. The van der Waals surface area contributed by atoms with Gasteiger partial charge in [-0.25, -0.2) is 0 Å². The van der Waals surface area contributed by atoms with Gasteiger partial charge in [-0.05, 0) is 48.2 Å². The molecule has 1 N–H and O–H groups in total. The normalized spacial score (nSPS) is 14.3. The van der Waals surface area contributed by atoms with E-state index in [0.717, 1.165) is 16.2 Å². The summed E-state index contributed by atoms with van der Waals surface area (Å²) >= 11 is 6.18. The fourth-order valence-electron chi connectivity index (χ4n) is 2.82. The molecule has 1 aliphatic rings. The van der Waals surface area contributed by atoms with Gasteiger partial charge < -0.3 is 10.1 Å². The van der Waals surface area contributed by atoms with Crippen molar-refractivity contribution in [3.05, 3.63) is 64.3 Å². The molecule has 0 radical (unpaired) electrons. The first-order valence-corrected chi connectivity index (χ1v) is 9.48. The van der Waals surface area contributed by atoms with Crippen LogP contribution in [0.15, 0.2) is 48.2 Å². The molecule has 0 unspecified atom stereocenters. The Morgan fingerprint density at radius 2 is 1.75 bits per heavy atom. The molecule has 28 heavy (non-hydrogen) atoms. The summed E-state index contributed by atoms with van der Waals surface area (Å²) in [6, 6.07) is 12.6. The Hall–Kier alpha value is -2.79. The van der Waals surface area contributed by atoms with Gasteiger partial charge in [0.2, 0.25) is 0 Å². The molecule has 3 rings (SSSR count). The Bertz CT molecular complexity index is 949.